The van der Waals surface area contributed by atoms with Crippen molar-refractivity contribution < 1.29 is 13.2 Å². The first-order valence-electron chi connectivity index (χ1n) is 6.13. The molecule has 1 N–H and O–H groups in total. The SMILES string of the molecule is Cc1ccc(C(F)(F)F)cc1NCc1ccc(Cl)c(Cl)c1. The predicted octanol–water partition coefficient (Wildman–Crippen LogP) is 5.93. The molecule has 112 valence electrons. The quantitative estimate of drug-likeness (QED) is 0.733. The van der Waals surface area contributed by atoms with Crippen LogP contribution in [-0.4, -0.2) is 0 Å². The van der Waals surface area contributed by atoms with E-state index >= 15 is 0 Å². The van der Waals surface area contributed by atoms with E-state index < -0.39 is 11.7 Å². The Balaban J connectivity index is 2.17. The molecule has 0 aliphatic heterocycles. The highest BCUT2D eigenvalue weighted by molar-refractivity contribution is 6.42. The molecular formula is C15H12Cl2F3N. The van der Waals surface area contributed by atoms with Crippen molar-refractivity contribution in [2.45, 2.75) is 19.6 Å². The molecule has 0 atom stereocenters. The van der Waals surface area contributed by atoms with Crippen LogP contribution < -0.4 is 5.32 Å². The summed E-state index contributed by atoms with van der Waals surface area (Å²) < 4.78 is 38.1. The van der Waals surface area contributed by atoms with E-state index in [9.17, 15) is 13.2 Å². The standard InChI is InChI=1S/C15H12Cl2F3N/c1-9-2-4-11(15(18,19)20)7-14(9)21-8-10-3-5-12(16)13(17)6-10/h2-7,21H,8H2,1H3. The number of anilines is 1. The molecule has 0 fully saturated rings. The largest absolute Gasteiger partial charge is 0.416 e. The van der Waals surface area contributed by atoms with Gasteiger partial charge in [0, 0.05) is 12.2 Å². The molecule has 0 saturated carbocycles. The molecule has 0 saturated heterocycles. The minimum Gasteiger partial charge on any atom is -0.381 e. The first kappa shape index (κ1) is 16.0. The minimum atomic E-state index is -4.35. The number of benzene rings is 2. The van der Waals surface area contributed by atoms with E-state index in [-0.39, 0.29) is 0 Å². The van der Waals surface area contributed by atoms with Gasteiger partial charge in [0.2, 0.25) is 0 Å². The number of nitrogens with one attached hydrogen (secondary N) is 1. The fraction of sp³-hybridized carbons (Fsp3) is 0.200. The van der Waals surface area contributed by atoms with Gasteiger partial charge in [-0.3, -0.25) is 0 Å². The first-order valence-corrected chi connectivity index (χ1v) is 6.88. The van der Waals surface area contributed by atoms with Crippen LogP contribution in [-0.2, 0) is 12.7 Å². The smallest absolute Gasteiger partial charge is 0.381 e. The maximum absolute atomic E-state index is 12.7. The summed E-state index contributed by atoms with van der Waals surface area (Å²) in [5, 5.41) is 3.84. The molecule has 21 heavy (non-hydrogen) atoms. The summed E-state index contributed by atoms with van der Waals surface area (Å²) in [5.74, 6) is 0. The lowest BCUT2D eigenvalue weighted by molar-refractivity contribution is -0.137. The van der Waals surface area contributed by atoms with Crippen LogP contribution in [0.3, 0.4) is 0 Å². The summed E-state index contributed by atoms with van der Waals surface area (Å²) in [6.07, 6.45) is -4.35. The second kappa shape index (κ2) is 6.16. The van der Waals surface area contributed by atoms with E-state index in [1.165, 1.54) is 6.07 Å². The highest BCUT2D eigenvalue weighted by Crippen LogP contribution is 2.32. The normalized spacial score (nSPS) is 11.5. The molecular weight excluding hydrogens is 322 g/mol. The molecule has 0 heterocycles. The molecule has 0 unspecified atom stereocenters. The average Bonchev–Trinajstić information content (AvgIpc) is 2.40. The lowest BCUT2D eigenvalue weighted by Crippen LogP contribution is -2.07. The zero-order chi connectivity index (χ0) is 15.6. The zero-order valence-corrected chi connectivity index (χ0v) is 12.6. The molecule has 6 heteroatoms. The fourth-order valence-corrected chi connectivity index (χ4v) is 2.16. The Bertz CT molecular complexity index is 654. The molecule has 0 aliphatic carbocycles. The van der Waals surface area contributed by atoms with Crippen LogP contribution >= 0.6 is 23.2 Å². The Labute approximate surface area is 130 Å². The van der Waals surface area contributed by atoms with Gasteiger partial charge in [-0.25, -0.2) is 0 Å². The van der Waals surface area contributed by atoms with E-state index in [1.807, 2.05) is 0 Å². The van der Waals surface area contributed by atoms with Crippen LogP contribution in [0, 0.1) is 6.92 Å². The molecule has 1 nitrogen and oxygen atoms in total. The molecule has 0 radical (unpaired) electrons. The van der Waals surface area contributed by atoms with Gasteiger partial charge in [-0.05, 0) is 42.3 Å². The molecule has 0 aromatic heterocycles. The highest BCUT2D eigenvalue weighted by atomic mass is 35.5. The second-order valence-corrected chi connectivity index (χ2v) is 5.44. The molecule has 0 spiro atoms. The van der Waals surface area contributed by atoms with Gasteiger partial charge in [-0.15, -0.1) is 0 Å². The van der Waals surface area contributed by atoms with Crippen molar-refractivity contribution in [2.24, 2.45) is 0 Å². The van der Waals surface area contributed by atoms with Crippen LogP contribution in [0.15, 0.2) is 36.4 Å². The Morgan fingerprint density at radius 3 is 2.33 bits per heavy atom. The lowest BCUT2D eigenvalue weighted by atomic mass is 10.1. The third kappa shape index (κ3) is 4.05. The summed E-state index contributed by atoms with van der Waals surface area (Å²) >= 11 is 11.7. The van der Waals surface area contributed by atoms with Gasteiger partial charge in [-0.2, -0.15) is 13.2 Å². The Hall–Kier alpha value is -1.39. The molecule has 2 rings (SSSR count). The van der Waals surface area contributed by atoms with Crippen molar-refractivity contribution in [1.82, 2.24) is 0 Å². The Morgan fingerprint density at radius 2 is 1.71 bits per heavy atom. The van der Waals surface area contributed by atoms with Crippen LogP contribution in [0.1, 0.15) is 16.7 Å². The maximum Gasteiger partial charge on any atom is 0.416 e. The maximum atomic E-state index is 12.7. The van der Waals surface area contributed by atoms with Gasteiger partial charge in [0.05, 0.1) is 15.6 Å². The van der Waals surface area contributed by atoms with E-state index in [0.29, 0.717) is 22.3 Å². The number of hydrogen-bond acceptors (Lipinski definition) is 1. The van der Waals surface area contributed by atoms with E-state index in [0.717, 1.165) is 23.3 Å². The number of hydrogen-bond donors (Lipinski definition) is 1. The third-order valence-electron chi connectivity index (χ3n) is 3.03. The van der Waals surface area contributed by atoms with Crippen molar-refractivity contribution >= 4 is 28.9 Å². The topological polar surface area (TPSA) is 12.0 Å². The molecule has 2 aromatic carbocycles. The number of aryl methyl sites for hydroxylation is 1. The van der Waals surface area contributed by atoms with E-state index in [4.69, 9.17) is 23.2 Å². The second-order valence-electron chi connectivity index (χ2n) is 4.63. The average molecular weight is 334 g/mol. The monoisotopic (exact) mass is 333 g/mol. The van der Waals surface area contributed by atoms with Crippen LogP contribution in [0.25, 0.3) is 0 Å². The predicted molar refractivity (Wildman–Crippen MR) is 80.0 cm³/mol. The van der Waals surface area contributed by atoms with Crippen LogP contribution in [0.5, 0.6) is 0 Å². The van der Waals surface area contributed by atoms with Gasteiger partial charge >= 0.3 is 6.18 Å². The van der Waals surface area contributed by atoms with Crippen molar-refractivity contribution in [3.63, 3.8) is 0 Å². The van der Waals surface area contributed by atoms with Crippen molar-refractivity contribution in [3.8, 4) is 0 Å². The summed E-state index contributed by atoms with van der Waals surface area (Å²) in [4.78, 5) is 0. The van der Waals surface area contributed by atoms with Gasteiger partial charge in [0.25, 0.3) is 0 Å². The van der Waals surface area contributed by atoms with Gasteiger partial charge in [-0.1, -0.05) is 35.3 Å². The first-order chi connectivity index (χ1) is 9.77. The highest BCUT2D eigenvalue weighted by Gasteiger charge is 2.30. The summed E-state index contributed by atoms with van der Waals surface area (Å²) in [7, 11) is 0. The van der Waals surface area contributed by atoms with Crippen LogP contribution in [0.2, 0.25) is 10.0 Å². The van der Waals surface area contributed by atoms with Gasteiger partial charge in [0.1, 0.15) is 0 Å². The minimum absolute atomic E-state index is 0.360. The summed E-state index contributed by atoms with van der Waals surface area (Å²) in [6.45, 7) is 2.11. The zero-order valence-electron chi connectivity index (χ0n) is 11.1. The van der Waals surface area contributed by atoms with Crippen LogP contribution in [0.4, 0.5) is 18.9 Å². The third-order valence-corrected chi connectivity index (χ3v) is 3.77. The molecule has 2 aromatic rings. The van der Waals surface area contributed by atoms with E-state index in [1.54, 1.807) is 25.1 Å². The summed E-state index contributed by atoms with van der Waals surface area (Å²) in [6, 6.07) is 8.72. The fourth-order valence-electron chi connectivity index (χ4n) is 1.84. The molecule has 0 amide bonds. The number of rotatable bonds is 3. The molecule has 0 aliphatic rings. The van der Waals surface area contributed by atoms with E-state index in [2.05, 4.69) is 5.32 Å². The lowest BCUT2D eigenvalue weighted by Gasteiger charge is -2.13. The van der Waals surface area contributed by atoms with Crippen molar-refractivity contribution in [2.75, 3.05) is 5.32 Å². The number of halogens is 5. The Morgan fingerprint density at radius 1 is 1.00 bits per heavy atom. The van der Waals surface area contributed by atoms with Gasteiger partial charge in [0.15, 0.2) is 0 Å². The Kier molecular flexibility index (Phi) is 4.69. The van der Waals surface area contributed by atoms with Crippen molar-refractivity contribution in [3.05, 3.63) is 63.1 Å². The van der Waals surface area contributed by atoms with Crippen molar-refractivity contribution in [1.29, 1.82) is 0 Å². The van der Waals surface area contributed by atoms with Gasteiger partial charge < -0.3 is 5.32 Å². The number of alkyl halides is 3. The molecule has 0 bridgehead atoms. The summed E-state index contributed by atoms with van der Waals surface area (Å²) in [5.41, 5.74) is 1.34.